The summed E-state index contributed by atoms with van der Waals surface area (Å²) in [6, 6.07) is 12.1. The van der Waals surface area contributed by atoms with Gasteiger partial charge in [0.25, 0.3) is 10.0 Å². The minimum Gasteiger partial charge on any atom is -0.325 e. The molecule has 1 amide bonds. The van der Waals surface area contributed by atoms with E-state index >= 15 is 0 Å². The number of hydrogen-bond acceptors (Lipinski definition) is 4. The quantitative estimate of drug-likeness (QED) is 0.648. The number of carbonyl (C=O) groups is 1. The summed E-state index contributed by atoms with van der Waals surface area (Å²) >= 11 is 1.44. The highest BCUT2D eigenvalue weighted by Crippen LogP contribution is 2.29. The molecule has 0 bridgehead atoms. The Kier molecular flexibility index (Phi) is 7.11. The molecule has 0 aliphatic rings. The highest BCUT2D eigenvalue weighted by atomic mass is 32.2. The van der Waals surface area contributed by atoms with E-state index in [2.05, 4.69) is 17.0 Å². The second kappa shape index (κ2) is 9.09. The van der Waals surface area contributed by atoms with E-state index in [1.807, 2.05) is 18.4 Å². The van der Waals surface area contributed by atoms with Gasteiger partial charge in [0.05, 0.1) is 10.6 Å². The normalized spacial score (nSPS) is 11.2. The zero-order valence-corrected chi connectivity index (χ0v) is 16.8. The summed E-state index contributed by atoms with van der Waals surface area (Å²) in [5.41, 5.74) is 2.19. The van der Waals surface area contributed by atoms with E-state index in [-0.39, 0.29) is 10.8 Å². The van der Waals surface area contributed by atoms with Gasteiger partial charge < -0.3 is 5.32 Å². The summed E-state index contributed by atoms with van der Waals surface area (Å²) in [6.07, 6.45) is 5.09. The van der Waals surface area contributed by atoms with Crippen LogP contribution in [0.4, 0.5) is 11.4 Å². The van der Waals surface area contributed by atoms with Crippen molar-refractivity contribution < 1.29 is 13.2 Å². The molecule has 2 rings (SSSR count). The monoisotopic (exact) mass is 392 g/mol. The Hall–Kier alpha value is -1.99. The molecule has 2 aromatic carbocycles. The van der Waals surface area contributed by atoms with Crippen LogP contribution in [0.1, 0.15) is 32.3 Å². The van der Waals surface area contributed by atoms with Gasteiger partial charge in [-0.1, -0.05) is 25.5 Å². The molecule has 0 saturated heterocycles. The first-order valence-electron chi connectivity index (χ1n) is 8.43. The number of carbonyl (C=O) groups excluding carboxylic acids is 1. The van der Waals surface area contributed by atoms with E-state index in [1.54, 1.807) is 18.2 Å². The van der Waals surface area contributed by atoms with E-state index in [1.165, 1.54) is 36.4 Å². The third-order valence-corrected chi connectivity index (χ3v) is 5.99. The first kappa shape index (κ1) is 20.3. The topological polar surface area (TPSA) is 75.3 Å². The van der Waals surface area contributed by atoms with Gasteiger partial charge in [-0.05, 0) is 55.0 Å². The molecule has 0 aliphatic carbocycles. The number of rotatable bonds is 8. The van der Waals surface area contributed by atoms with Crippen LogP contribution in [0.3, 0.4) is 0 Å². The lowest BCUT2D eigenvalue weighted by Crippen LogP contribution is -2.14. The summed E-state index contributed by atoms with van der Waals surface area (Å²) in [5.74, 6) is -0.245. The minimum atomic E-state index is -3.74. The van der Waals surface area contributed by atoms with E-state index < -0.39 is 10.0 Å². The lowest BCUT2D eigenvalue weighted by Gasteiger charge is -2.12. The van der Waals surface area contributed by atoms with Crippen LogP contribution in [0.25, 0.3) is 0 Å². The molecule has 0 heterocycles. The van der Waals surface area contributed by atoms with Crippen LogP contribution in [-0.2, 0) is 21.2 Å². The fourth-order valence-electron chi connectivity index (χ4n) is 2.48. The Morgan fingerprint density at radius 3 is 2.38 bits per heavy atom. The Morgan fingerprint density at radius 2 is 1.81 bits per heavy atom. The molecule has 0 radical (unpaired) electrons. The maximum Gasteiger partial charge on any atom is 0.261 e. The maximum absolute atomic E-state index is 12.7. The summed E-state index contributed by atoms with van der Waals surface area (Å²) in [5, 5.41) is 2.68. The predicted octanol–water partition coefficient (Wildman–Crippen LogP) is 4.51. The number of benzene rings is 2. The smallest absolute Gasteiger partial charge is 0.261 e. The molecule has 0 saturated carbocycles. The second-order valence-electron chi connectivity index (χ2n) is 5.95. The Bertz CT molecular complexity index is 863. The van der Waals surface area contributed by atoms with Crippen molar-refractivity contribution in [2.24, 2.45) is 0 Å². The fourth-order valence-corrected chi connectivity index (χ4v) is 4.09. The SMILES string of the molecule is CCCCc1ccc(NS(=O)(=O)c2ccc(SC)c(NC(C)=O)c2)cc1. The third-order valence-electron chi connectivity index (χ3n) is 3.82. The zero-order valence-electron chi connectivity index (χ0n) is 15.2. The molecular weight excluding hydrogens is 368 g/mol. The third kappa shape index (κ3) is 5.51. The van der Waals surface area contributed by atoms with E-state index in [4.69, 9.17) is 0 Å². The number of unbranched alkanes of at least 4 members (excludes halogenated alkanes) is 1. The van der Waals surface area contributed by atoms with Crippen LogP contribution >= 0.6 is 11.8 Å². The van der Waals surface area contributed by atoms with Gasteiger partial charge in [-0.3, -0.25) is 9.52 Å². The molecule has 26 heavy (non-hydrogen) atoms. The molecule has 0 spiro atoms. The summed E-state index contributed by atoms with van der Waals surface area (Å²) in [6.45, 7) is 3.53. The van der Waals surface area contributed by atoms with Gasteiger partial charge >= 0.3 is 0 Å². The van der Waals surface area contributed by atoms with Crippen LogP contribution in [-0.4, -0.2) is 20.6 Å². The largest absolute Gasteiger partial charge is 0.325 e. The molecule has 2 N–H and O–H groups in total. The molecule has 0 atom stereocenters. The molecule has 7 heteroatoms. The van der Waals surface area contributed by atoms with Gasteiger partial charge in [0.1, 0.15) is 0 Å². The summed E-state index contributed by atoms with van der Waals surface area (Å²) in [7, 11) is -3.74. The minimum absolute atomic E-state index is 0.106. The molecule has 0 unspecified atom stereocenters. The highest BCUT2D eigenvalue weighted by molar-refractivity contribution is 7.98. The second-order valence-corrected chi connectivity index (χ2v) is 8.48. The average molecular weight is 393 g/mol. The Balaban J connectivity index is 2.22. The molecule has 2 aromatic rings. The van der Waals surface area contributed by atoms with Crippen LogP contribution in [0.5, 0.6) is 0 Å². The first-order valence-corrected chi connectivity index (χ1v) is 11.1. The lowest BCUT2D eigenvalue weighted by atomic mass is 10.1. The van der Waals surface area contributed by atoms with Crippen molar-refractivity contribution in [1.29, 1.82) is 0 Å². The highest BCUT2D eigenvalue weighted by Gasteiger charge is 2.17. The number of aryl methyl sites for hydroxylation is 1. The van der Waals surface area contributed by atoms with Crippen molar-refractivity contribution >= 4 is 39.1 Å². The average Bonchev–Trinajstić information content (AvgIpc) is 2.60. The first-order chi connectivity index (χ1) is 12.4. The maximum atomic E-state index is 12.7. The van der Waals surface area contributed by atoms with Crippen LogP contribution in [0.2, 0.25) is 0 Å². The van der Waals surface area contributed by atoms with E-state index in [9.17, 15) is 13.2 Å². The predicted molar refractivity (Wildman–Crippen MR) is 108 cm³/mol. The molecule has 0 fully saturated rings. The van der Waals surface area contributed by atoms with Gasteiger partial charge in [0.15, 0.2) is 0 Å². The Labute approximate surface area is 159 Å². The van der Waals surface area contributed by atoms with Crippen LogP contribution < -0.4 is 10.0 Å². The number of nitrogens with one attached hydrogen (secondary N) is 2. The van der Waals surface area contributed by atoms with Crippen molar-refractivity contribution in [1.82, 2.24) is 0 Å². The summed E-state index contributed by atoms with van der Waals surface area (Å²) in [4.78, 5) is 12.3. The molecular formula is C19H24N2O3S2. The molecule has 0 aliphatic heterocycles. The summed E-state index contributed by atoms with van der Waals surface area (Å²) < 4.78 is 27.9. The van der Waals surface area contributed by atoms with Gasteiger partial charge in [-0.15, -0.1) is 11.8 Å². The van der Waals surface area contributed by atoms with E-state index in [0.29, 0.717) is 11.4 Å². The standard InChI is InChI=1S/C19H24N2O3S2/c1-4-5-6-15-7-9-16(10-8-15)21-26(23,24)17-11-12-19(25-3)18(13-17)20-14(2)22/h7-13,21H,4-6H2,1-3H3,(H,20,22). The number of hydrogen-bond donors (Lipinski definition) is 2. The zero-order chi connectivity index (χ0) is 19.2. The number of anilines is 2. The van der Waals surface area contributed by atoms with Crippen molar-refractivity contribution in [3.05, 3.63) is 48.0 Å². The molecule has 0 aromatic heterocycles. The lowest BCUT2D eigenvalue weighted by molar-refractivity contribution is -0.114. The Morgan fingerprint density at radius 1 is 1.12 bits per heavy atom. The molecule has 5 nitrogen and oxygen atoms in total. The fraction of sp³-hybridized carbons (Fsp3) is 0.316. The van der Waals surface area contributed by atoms with Gasteiger partial charge in [-0.2, -0.15) is 0 Å². The molecule has 140 valence electrons. The van der Waals surface area contributed by atoms with Gasteiger partial charge in [-0.25, -0.2) is 8.42 Å². The van der Waals surface area contributed by atoms with E-state index in [0.717, 1.165) is 24.2 Å². The van der Waals surface area contributed by atoms with Gasteiger partial charge in [0.2, 0.25) is 5.91 Å². The van der Waals surface area contributed by atoms with Crippen molar-refractivity contribution in [2.75, 3.05) is 16.3 Å². The van der Waals surface area contributed by atoms with Gasteiger partial charge in [0, 0.05) is 17.5 Å². The van der Waals surface area contributed by atoms with Crippen LogP contribution in [0, 0.1) is 0 Å². The number of thioether (sulfide) groups is 1. The van der Waals surface area contributed by atoms with Crippen molar-refractivity contribution in [3.8, 4) is 0 Å². The van der Waals surface area contributed by atoms with Crippen molar-refractivity contribution in [3.63, 3.8) is 0 Å². The van der Waals surface area contributed by atoms with Crippen LogP contribution in [0.15, 0.2) is 52.3 Å². The number of sulfonamides is 1. The van der Waals surface area contributed by atoms with Crippen molar-refractivity contribution in [2.45, 2.75) is 42.9 Å². The number of amides is 1.